The molecule has 0 spiro atoms. The lowest BCUT2D eigenvalue weighted by atomic mass is 9.88. The molecule has 5 nitrogen and oxygen atoms in total. The zero-order valence-electron chi connectivity index (χ0n) is 29.5. The van der Waals surface area contributed by atoms with Gasteiger partial charge in [-0.25, -0.2) is 0 Å². The zero-order valence-corrected chi connectivity index (χ0v) is 30.5. The molecule has 42 heavy (non-hydrogen) atoms. The fourth-order valence-corrected chi connectivity index (χ4v) is 5.19. The minimum Gasteiger partial charge on any atom is -0.481 e. The van der Waals surface area contributed by atoms with Crippen LogP contribution in [0, 0.1) is 23.7 Å². The summed E-state index contributed by atoms with van der Waals surface area (Å²) in [6.45, 7) is 38.5. The van der Waals surface area contributed by atoms with E-state index in [1.165, 1.54) is 56.1 Å². The van der Waals surface area contributed by atoms with Gasteiger partial charge >= 0.3 is 0 Å². The van der Waals surface area contributed by atoms with Gasteiger partial charge in [-0.2, -0.15) is 0 Å². The van der Waals surface area contributed by atoms with Crippen LogP contribution in [0.2, 0.25) is 18.1 Å². The predicted octanol–water partition coefficient (Wildman–Crippen LogP) is 10.2. The van der Waals surface area contributed by atoms with Crippen molar-refractivity contribution in [3.63, 3.8) is 0 Å². The highest BCUT2D eigenvalue weighted by Gasteiger charge is 2.36. The summed E-state index contributed by atoms with van der Waals surface area (Å²) in [5.41, 5.74) is 2.61. The van der Waals surface area contributed by atoms with Crippen molar-refractivity contribution < 1.29 is 24.9 Å². The summed E-state index contributed by atoms with van der Waals surface area (Å²) in [7, 11) is -1.58. The Kier molecular flexibility index (Phi) is 30.6. The Morgan fingerprint density at radius 2 is 1.14 bits per heavy atom. The van der Waals surface area contributed by atoms with Gasteiger partial charge in [-0.3, -0.25) is 4.79 Å². The van der Waals surface area contributed by atoms with Crippen LogP contribution in [0.3, 0.4) is 0 Å². The third-order valence-corrected chi connectivity index (χ3v) is 12.9. The van der Waals surface area contributed by atoms with Crippen LogP contribution >= 0.6 is 0 Å². The van der Waals surface area contributed by atoms with E-state index in [2.05, 4.69) is 87.9 Å². The minimum absolute atomic E-state index is 0. The molecule has 250 valence electrons. The largest absolute Gasteiger partial charge is 0.481 e. The standard InChI is InChI=1S/C20H40OSi.C14H26O.C2H4O2.H2O/c1-10-11-12-19(17(2)3)14-13-18(4)15-16-21-22(8,9)20(5,6)7;1-5-6-7-14(12(2)3)9-8-13(4)10-11-15;1-2(3)4;/h10,18-19H,1-2,11-16H2,3-9H3;5,13-15H,1-2,6-11H2,3-4H3;1H3,(H,3,4);1H2. The van der Waals surface area contributed by atoms with Crippen molar-refractivity contribution in [2.75, 3.05) is 13.2 Å². The molecule has 0 aromatic rings. The Morgan fingerprint density at radius 1 is 0.786 bits per heavy atom. The summed E-state index contributed by atoms with van der Waals surface area (Å²) in [6, 6.07) is 0. The van der Waals surface area contributed by atoms with E-state index >= 15 is 0 Å². The molecule has 0 aliphatic carbocycles. The highest BCUT2D eigenvalue weighted by molar-refractivity contribution is 6.74. The highest BCUT2D eigenvalue weighted by Crippen LogP contribution is 2.37. The molecule has 0 aromatic carbocycles. The number of aliphatic hydroxyl groups is 1. The van der Waals surface area contributed by atoms with Crippen LogP contribution in [0.1, 0.15) is 120 Å². The van der Waals surface area contributed by atoms with E-state index in [9.17, 15) is 0 Å². The van der Waals surface area contributed by atoms with Crippen LogP contribution in [0.4, 0.5) is 0 Å². The van der Waals surface area contributed by atoms with E-state index < -0.39 is 14.3 Å². The Hall–Kier alpha value is -1.47. The lowest BCUT2D eigenvalue weighted by molar-refractivity contribution is -0.134. The molecule has 4 atom stereocenters. The van der Waals surface area contributed by atoms with Gasteiger partial charge in [-0.05, 0) is 107 Å². The molecule has 0 aliphatic rings. The molecule has 4 N–H and O–H groups in total. The molecule has 6 heteroatoms. The number of hydrogen-bond acceptors (Lipinski definition) is 3. The van der Waals surface area contributed by atoms with Crippen LogP contribution < -0.4 is 0 Å². The number of carboxylic acid groups (broad SMARTS) is 1. The third kappa shape index (κ3) is 28.6. The van der Waals surface area contributed by atoms with Crippen molar-refractivity contribution in [2.45, 2.75) is 138 Å². The van der Waals surface area contributed by atoms with Crippen molar-refractivity contribution >= 4 is 14.3 Å². The fraction of sp³-hybridized carbons (Fsp3) is 0.750. The first-order valence-corrected chi connectivity index (χ1v) is 18.7. The van der Waals surface area contributed by atoms with E-state index in [0.717, 1.165) is 38.7 Å². The van der Waals surface area contributed by atoms with Crippen LogP contribution in [0.15, 0.2) is 49.6 Å². The molecule has 0 fully saturated rings. The fourth-order valence-electron chi connectivity index (χ4n) is 4.12. The monoisotopic (exact) mass is 613 g/mol. The zero-order chi connectivity index (χ0) is 32.6. The number of carboxylic acids is 1. The highest BCUT2D eigenvalue weighted by atomic mass is 28.4. The second-order valence-corrected chi connectivity index (χ2v) is 18.4. The normalized spacial score (nSPS) is 13.9. The molecular formula is C36H72O5Si. The summed E-state index contributed by atoms with van der Waals surface area (Å²) >= 11 is 0. The number of carbonyl (C=O) groups is 1. The first-order chi connectivity index (χ1) is 18.9. The molecule has 0 saturated carbocycles. The van der Waals surface area contributed by atoms with Crippen LogP contribution in [0.5, 0.6) is 0 Å². The van der Waals surface area contributed by atoms with Gasteiger partial charge in [0.05, 0.1) is 0 Å². The Morgan fingerprint density at radius 3 is 1.43 bits per heavy atom. The van der Waals surface area contributed by atoms with E-state index in [1.807, 2.05) is 12.2 Å². The van der Waals surface area contributed by atoms with Crippen molar-refractivity contribution in [1.29, 1.82) is 0 Å². The lowest BCUT2D eigenvalue weighted by Crippen LogP contribution is -2.41. The number of aliphatic carboxylic acids is 1. The maximum atomic E-state index is 9.00. The molecule has 0 radical (unpaired) electrons. The molecule has 0 aliphatic heterocycles. The molecule has 4 unspecified atom stereocenters. The summed E-state index contributed by atoms with van der Waals surface area (Å²) in [5.74, 6) is 1.81. The van der Waals surface area contributed by atoms with Gasteiger partial charge in [0, 0.05) is 20.1 Å². The first-order valence-electron chi connectivity index (χ1n) is 15.8. The summed E-state index contributed by atoms with van der Waals surface area (Å²) in [4.78, 5) is 9.00. The van der Waals surface area contributed by atoms with Gasteiger partial charge < -0.3 is 20.1 Å². The topological polar surface area (TPSA) is 98.3 Å². The van der Waals surface area contributed by atoms with Crippen LogP contribution in [-0.4, -0.2) is 43.2 Å². The minimum atomic E-state index is -1.58. The van der Waals surface area contributed by atoms with E-state index in [0.29, 0.717) is 29.4 Å². The predicted molar refractivity (Wildman–Crippen MR) is 189 cm³/mol. The Bertz CT molecular complexity index is 719. The van der Waals surface area contributed by atoms with Gasteiger partial charge in [-0.15, -0.1) is 13.2 Å². The quantitative estimate of drug-likeness (QED) is 0.106. The van der Waals surface area contributed by atoms with Crippen LogP contribution in [-0.2, 0) is 9.22 Å². The van der Waals surface area contributed by atoms with Gasteiger partial charge in [0.25, 0.3) is 5.97 Å². The van der Waals surface area contributed by atoms with Crippen molar-refractivity contribution in [1.82, 2.24) is 0 Å². The lowest BCUT2D eigenvalue weighted by Gasteiger charge is -2.36. The molecule has 0 bridgehead atoms. The molecule has 0 amide bonds. The SMILES string of the molecule is C=CCCC(CCC(C)CCO)C(=C)C.C=CCCC(CCC(C)CCO[Si](C)(C)C(C)(C)C)C(=C)C.CC(=O)O.O. The van der Waals surface area contributed by atoms with Crippen molar-refractivity contribution in [3.8, 4) is 0 Å². The summed E-state index contributed by atoms with van der Waals surface area (Å²) < 4.78 is 6.29. The second-order valence-electron chi connectivity index (χ2n) is 13.6. The first kappa shape index (κ1) is 47.5. The smallest absolute Gasteiger partial charge is 0.300 e. The third-order valence-electron chi connectivity index (χ3n) is 8.35. The average molecular weight is 613 g/mol. The molecule has 0 aromatic heterocycles. The number of hydrogen-bond donors (Lipinski definition) is 2. The van der Waals surface area contributed by atoms with E-state index in [4.69, 9.17) is 19.4 Å². The van der Waals surface area contributed by atoms with Crippen molar-refractivity contribution in [2.24, 2.45) is 23.7 Å². The average Bonchev–Trinajstić information content (AvgIpc) is 2.83. The summed E-state index contributed by atoms with van der Waals surface area (Å²) in [5, 5.41) is 16.5. The molecule has 0 saturated heterocycles. The molecule has 0 rings (SSSR count). The van der Waals surface area contributed by atoms with Gasteiger partial charge in [0.15, 0.2) is 8.32 Å². The Labute approximate surface area is 263 Å². The van der Waals surface area contributed by atoms with Crippen molar-refractivity contribution in [3.05, 3.63) is 49.6 Å². The number of rotatable bonds is 20. The maximum absolute atomic E-state index is 9.00. The van der Waals surface area contributed by atoms with E-state index in [-0.39, 0.29) is 5.48 Å². The summed E-state index contributed by atoms with van der Waals surface area (Å²) in [6.07, 6.45) is 15.6. The van der Waals surface area contributed by atoms with Gasteiger partial charge in [0.2, 0.25) is 0 Å². The van der Waals surface area contributed by atoms with Crippen LogP contribution in [0.25, 0.3) is 0 Å². The molecular weight excluding hydrogens is 540 g/mol. The van der Waals surface area contributed by atoms with E-state index in [1.54, 1.807) is 0 Å². The number of aliphatic hydroxyl groups excluding tert-OH is 1. The maximum Gasteiger partial charge on any atom is 0.300 e. The second kappa shape index (κ2) is 27.1. The Balaban J connectivity index is -0.000000313. The van der Waals surface area contributed by atoms with Gasteiger partial charge in [-0.1, -0.05) is 83.9 Å². The molecule has 0 heterocycles. The van der Waals surface area contributed by atoms with Gasteiger partial charge in [0.1, 0.15) is 0 Å². The number of allylic oxidation sites excluding steroid dienone is 4.